The lowest BCUT2D eigenvalue weighted by Crippen LogP contribution is -2.25. The van der Waals surface area contributed by atoms with Crippen molar-refractivity contribution in [1.82, 2.24) is 20.4 Å². The SMILES string of the molecule is CC(NNc1nc(-c2ccccc2)cs1)c1nc2ccccc2[nH]1. The molecule has 0 spiro atoms. The first kappa shape index (κ1) is 14.9. The van der Waals surface area contributed by atoms with E-state index >= 15 is 0 Å². The molecule has 0 aliphatic heterocycles. The Morgan fingerprint density at radius 2 is 1.79 bits per heavy atom. The van der Waals surface area contributed by atoms with E-state index < -0.39 is 0 Å². The number of aromatic amines is 1. The molecule has 0 aliphatic rings. The summed E-state index contributed by atoms with van der Waals surface area (Å²) in [5, 5.41) is 2.88. The van der Waals surface area contributed by atoms with Crippen molar-refractivity contribution in [1.29, 1.82) is 0 Å². The molecule has 4 rings (SSSR count). The zero-order valence-corrected chi connectivity index (χ0v) is 14.0. The third-order valence-corrected chi connectivity index (χ3v) is 4.54. The Bertz CT molecular complexity index is 911. The van der Waals surface area contributed by atoms with Crippen LogP contribution in [0.5, 0.6) is 0 Å². The minimum atomic E-state index is 0.0291. The van der Waals surface area contributed by atoms with E-state index in [9.17, 15) is 0 Å². The number of rotatable bonds is 5. The first-order valence-electron chi connectivity index (χ1n) is 7.77. The van der Waals surface area contributed by atoms with Crippen molar-refractivity contribution in [3.63, 3.8) is 0 Å². The second-order valence-electron chi connectivity index (χ2n) is 5.53. The molecular weight excluding hydrogens is 318 g/mol. The third-order valence-electron chi connectivity index (χ3n) is 3.79. The van der Waals surface area contributed by atoms with Crippen LogP contribution < -0.4 is 10.9 Å². The van der Waals surface area contributed by atoms with Crippen molar-refractivity contribution in [2.45, 2.75) is 13.0 Å². The van der Waals surface area contributed by atoms with Gasteiger partial charge in [-0.05, 0) is 19.1 Å². The van der Waals surface area contributed by atoms with E-state index in [-0.39, 0.29) is 6.04 Å². The van der Waals surface area contributed by atoms with Gasteiger partial charge in [0, 0.05) is 10.9 Å². The Labute approximate surface area is 143 Å². The molecular formula is C18H17N5S. The number of nitrogens with one attached hydrogen (secondary N) is 3. The lowest BCUT2D eigenvalue weighted by atomic mass is 10.2. The highest BCUT2D eigenvalue weighted by atomic mass is 32.1. The fraction of sp³-hybridized carbons (Fsp3) is 0.111. The Kier molecular flexibility index (Phi) is 3.98. The van der Waals surface area contributed by atoms with E-state index in [0.29, 0.717) is 0 Å². The Balaban J connectivity index is 1.44. The number of thiazole rings is 1. The lowest BCUT2D eigenvalue weighted by molar-refractivity contribution is 0.613. The standard InChI is InChI=1S/C18H17N5S/c1-12(17-19-14-9-5-6-10-15(14)20-17)22-23-18-21-16(11-24-18)13-7-3-2-4-8-13/h2-12,22H,1H3,(H,19,20)(H,21,23). The summed E-state index contributed by atoms with van der Waals surface area (Å²) >= 11 is 1.57. The maximum atomic E-state index is 4.60. The molecule has 4 aromatic rings. The van der Waals surface area contributed by atoms with Crippen molar-refractivity contribution in [3.8, 4) is 11.3 Å². The predicted molar refractivity (Wildman–Crippen MR) is 98.8 cm³/mol. The molecule has 2 aromatic carbocycles. The van der Waals surface area contributed by atoms with Crippen molar-refractivity contribution in [2.24, 2.45) is 0 Å². The van der Waals surface area contributed by atoms with Gasteiger partial charge in [0.1, 0.15) is 5.82 Å². The Morgan fingerprint density at radius 1 is 1.00 bits per heavy atom. The average Bonchev–Trinajstić information content (AvgIpc) is 3.27. The number of anilines is 1. The van der Waals surface area contributed by atoms with E-state index in [0.717, 1.165) is 33.2 Å². The second kappa shape index (κ2) is 6.43. The molecule has 0 amide bonds. The molecule has 0 saturated heterocycles. The molecule has 0 saturated carbocycles. The fourth-order valence-corrected chi connectivity index (χ4v) is 3.17. The summed E-state index contributed by atoms with van der Waals surface area (Å²) < 4.78 is 0. The van der Waals surface area contributed by atoms with Crippen LogP contribution in [0.25, 0.3) is 22.3 Å². The van der Waals surface area contributed by atoms with E-state index in [1.807, 2.05) is 47.8 Å². The summed E-state index contributed by atoms with van der Waals surface area (Å²) in [6, 6.07) is 18.2. The van der Waals surface area contributed by atoms with Gasteiger partial charge in [-0.2, -0.15) is 0 Å². The number of fused-ring (bicyclic) bond motifs is 1. The molecule has 1 atom stereocenters. The topological polar surface area (TPSA) is 65.6 Å². The summed E-state index contributed by atoms with van der Waals surface area (Å²) in [7, 11) is 0. The molecule has 6 heteroatoms. The summed E-state index contributed by atoms with van der Waals surface area (Å²) in [4.78, 5) is 12.5. The number of hydrogen-bond acceptors (Lipinski definition) is 5. The van der Waals surface area contributed by atoms with Crippen LogP contribution in [-0.2, 0) is 0 Å². The molecule has 24 heavy (non-hydrogen) atoms. The minimum Gasteiger partial charge on any atom is -0.341 e. The van der Waals surface area contributed by atoms with Crippen LogP contribution in [0, 0.1) is 0 Å². The van der Waals surface area contributed by atoms with E-state index in [2.05, 4.69) is 44.9 Å². The van der Waals surface area contributed by atoms with Gasteiger partial charge >= 0.3 is 0 Å². The maximum Gasteiger partial charge on any atom is 0.197 e. The fourth-order valence-electron chi connectivity index (χ4n) is 2.49. The van der Waals surface area contributed by atoms with Gasteiger partial charge in [0.05, 0.1) is 22.8 Å². The van der Waals surface area contributed by atoms with Gasteiger partial charge in [-0.25, -0.2) is 15.4 Å². The molecule has 2 heterocycles. The van der Waals surface area contributed by atoms with Gasteiger partial charge in [-0.1, -0.05) is 42.5 Å². The molecule has 120 valence electrons. The summed E-state index contributed by atoms with van der Waals surface area (Å²) in [6.45, 7) is 2.05. The van der Waals surface area contributed by atoms with E-state index in [4.69, 9.17) is 0 Å². The van der Waals surface area contributed by atoms with Crippen molar-refractivity contribution in [3.05, 3.63) is 65.8 Å². The molecule has 0 aliphatic carbocycles. The van der Waals surface area contributed by atoms with Crippen LogP contribution >= 0.6 is 11.3 Å². The first-order chi connectivity index (χ1) is 11.8. The summed E-state index contributed by atoms with van der Waals surface area (Å²) in [5.74, 6) is 0.892. The van der Waals surface area contributed by atoms with E-state index in [1.54, 1.807) is 11.3 Å². The highest BCUT2D eigenvalue weighted by molar-refractivity contribution is 7.14. The van der Waals surface area contributed by atoms with Gasteiger partial charge in [0.15, 0.2) is 5.13 Å². The summed E-state index contributed by atoms with van der Waals surface area (Å²) in [6.07, 6.45) is 0. The van der Waals surface area contributed by atoms with Crippen LogP contribution in [0.4, 0.5) is 5.13 Å². The normalized spacial score (nSPS) is 12.4. The number of H-pyrrole nitrogens is 1. The minimum absolute atomic E-state index is 0.0291. The smallest absolute Gasteiger partial charge is 0.197 e. The highest BCUT2D eigenvalue weighted by Crippen LogP contribution is 2.24. The van der Waals surface area contributed by atoms with Crippen LogP contribution in [0.2, 0.25) is 0 Å². The molecule has 2 aromatic heterocycles. The van der Waals surface area contributed by atoms with Gasteiger partial charge in [0.2, 0.25) is 0 Å². The lowest BCUT2D eigenvalue weighted by Gasteiger charge is -2.11. The second-order valence-corrected chi connectivity index (χ2v) is 6.39. The number of imidazole rings is 1. The number of aromatic nitrogens is 3. The number of para-hydroxylation sites is 2. The molecule has 0 fully saturated rings. The van der Waals surface area contributed by atoms with Crippen molar-refractivity contribution < 1.29 is 0 Å². The number of hydrogen-bond donors (Lipinski definition) is 3. The van der Waals surface area contributed by atoms with Crippen LogP contribution in [0.3, 0.4) is 0 Å². The van der Waals surface area contributed by atoms with E-state index in [1.165, 1.54) is 0 Å². The highest BCUT2D eigenvalue weighted by Gasteiger charge is 2.11. The zero-order valence-electron chi connectivity index (χ0n) is 13.2. The zero-order chi connectivity index (χ0) is 16.4. The molecule has 0 bridgehead atoms. The Hall–Kier alpha value is -2.70. The number of hydrazine groups is 1. The average molecular weight is 335 g/mol. The summed E-state index contributed by atoms with van der Waals surface area (Å²) in [5.41, 5.74) is 10.5. The van der Waals surface area contributed by atoms with Gasteiger partial charge in [0.25, 0.3) is 0 Å². The monoisotopic (exact) mass is 335 g/mol. The molecule has 5 nitrogen and oxygen atoms in total. The largest absolute Gasteiger partial charge is 0.341 e. The van der Waals surface area contributed by atoms with Crippen LogP contribution in [0.15, 0.2) is 60.0 Å². The van der Waals surface area contributed by atoms with Gasteiger partial charge in [-0.3, -0.25) is 5.43 Å². The predicted octanol–water partition coefficient (Wildman–Crippen LogP) is 4.36. The maximum absolute atomic E-state index is 4.60. The third kappa shape index (κ3) is 3.02. The molecule has 0 radical (unpaired) electrons. The molecule has 1 unspecified atom stereocenters. The van der Waals surface area contributed by atoms with Crippen molar-refractivity contribution in [2.75, 3.05) is 5.43 Å². The molecule has 3 N–H and O–H groups in total. The first-order valence-corrected chi connectivity index (χ1v) is 8.65. The quantitative estimate of drug-likeness (QED) is 0.474. The number of nitrogens with zero attached hydrogens (tertiary/aromatic N) is 2. The Morgan fingerprint density at radius 3 is 2.62 bits per heavy atom. The van der Waals surface area contributed by atoms with Gasteiger partial charge < -0.3 is 4.98 Å². The number of benzene rings is 2. The van der Waals surface area contributed by atoms with Crippen LogP contribution in [-0.4, -0.2) is 15.0 Å². The van der Waals surface area contributed by atoms with Gasteiger partial charge in [-0.15, -0.1) is 11.3 Å². The van der Waals surface area contributed by atoms with Crippen LogP contribution in [0.1, 0.15) is 18.8 Å². The van der Waals surface area contributed by atoms with Crippen molar-refractivity contribution >= 4 is 27.5 Å².